The lowest BCUT2D eigenvalue weighted by Crippen LogP contribution is -2.56. The fourth-order valence-corrected chi connectivity index (χ4v) is 5.12. The van der Waals surface area contributed by atoms with Crippen LogP contribution in [-0.2, 0) is 9.84 Å². The van der Waals surface area contributed by atoms with Crippen molar-refractivity contribution in [2.75, 3.05) is 24.6 Å². The maximum absolute atomic E-state index is 11.6. The van der Waals surface area contributed by atoms with Crippen LogP contribution in [0.15, 0.2) is 0 Å². The quantitative estimate of drug-likeness (QED) is 0.727. The molecule has 0 saturated carbocycles. The summed E-state index contributed by atoms with van der Waals surface area (Å²) in [4.78, 5) is 2.33. The summed E-state index contributed by atoms with van der Waals surface area (Å²) in [5, 5.41) is 0. The Morgan fingerprint density at radius 1 is 1.53 bits per heavy atom. The third-order valence-electron chi connectivity index (χ3n) is 3.91. The van der Waals surface area contributed by atoms with Crippen LogP contribution in [0.25, 0.3) is 0 Å². The maximum Gasteiger partial charge on any atom is 0.152 e. The Morgan fingerprint density at radius 3 is 2.67 bits per heavy atom. The fraction of sp³-hybridized carbons (Fsp3) is 1.00. The molecule has 0 aromatic carbocycles. The molecule has 2 heterocycles. The maximum atomic E-state index is 11.6. The average molecular weight is 232 g/mol. The number of nitrogens with zero attached hydrogens (tertiary/aromatic N) is 1. The van der Waals surface area contributed by atoms with Gasteiger partial charge in [-0.05, 0) is 32.7 Å². The van der Waals surface area contributed by atoms with Gasteiger partial charge in [0.2, 0.25) is 0 Å². The van der Waals surface area contributed by atoms with Crippen molar-refractivity contribution in [2.45, 2.75) is 37.8 Å². The Balaban J connectivity index is 2.23. The first kappa shape index (κ1) is 11.4. The largest absolute Gasteiger partial charge is 0.329 e. The average Bonchev–Trinajstić information content (AvgIpc) is 2.71. The number of hydrogen-bond donors (Lipinski definition) is 1. The number of sulfone groups is 1. The molecule has 2 fully saturated rings. The van der Waals surface area contributed by atoms with Crippen molar-refractivity contribution in [3.63, 3.8) is 0 Å². The third-order valence-corrected chi connectivity index (χ3v) is 5.71. The van der Waals surface area contributed by atoms with E-state index in [1.807, 2.05) is 0 Å². The van der Waals surface area contributed by atoms with E-state index >= 15 is 0 Å². The molecule has 0 aromatic rings. The lowest BCUT2D eigenvalue weighted by atomic mass is 9.96. The van der Waals surface area contributed by atoms with Crippen LogP contribution in [0, 0.1) is 0 Å². The zero-order valence-electron chi connectivity index (χ0n) is 9.28. The van der Waals surface area contributed by atoms with Gasteiger partial charge in [-0.2, -0.15) is 0 Å². The minimum atomic E-state index is -2.85. The normalized spacial score (nSPS) is 41.1. The summed E-state index contributed by atoms with van der Waals surface area (Å²) in [5.41, 5.74) is 5.57. The monoisotopic (exact) mass is 232 g/mol. The molecule has 0 aromatic heterocycles. The van der Waals surface area contributed by atoms with Crippen molar-refractivity contribution < 1.29 is 8.42 Å². The highest BCUT2D eigenvalue weighted by Crippen LogP contribution is 2.34. The molecule has 2 aliphatic rings. The molecule has 2 N–H and O–H groups in total. The van der Waals surface area contributed by atoms with Gasteiger partial charge in [-0.1, -0.05) is 0 Å². The summed E-state index contributed by atoms with van der Waals surface area (Å²) < 4.78 is 23.2. The molecule has 0 radical (unpaired) electrons. The number of hydrogen-bond acceptors (Lipinski definition) is 4. The first-order chi connectivity index (χ1) is 6.99. The van der Waals surface area contributed by atoms with E-state index in [-0.39, 0.29) is 11.3 Å². The zero-order chi connectivity index (χ0) is 11.1. The second-order valence-corrected chi connectivity index (χ2v) is 7.14. The van der Waals surface area contributed by atoms with Crippen molar-refractivity contribution in [3.8, 4) is 0 Å². The highest BCUT2D eigenvalue weighted by atomic mass is 32.2. The van der Waals surface area contributed by atoms with E-state index in [0.29, 0.717) is 18.3 Å². The van der Waals surface area contributed by atoms with Crippen LogP contribution < -0.4 is 5.73 Å². The van der Waals surface area contributed by atoms with Gasteiger partial charge in [0.05, 0.1) is 11.5 Å². The molecule has 2 saturated heterocycles. The first-order valence-corrected chi connectivity index (χ1v) is 7.48. The molecule has 2 unspecified atom stereocenters. The SMILES string of the molecule is CC1CCCN1C1(CN)CCS(=O)(=O)C1. The second-order valence-electron chi connectivity index (χ2n) is 4.96. The van der Waals surface area contributed by atoms with Crippen LogP contribution >= 0.6 is 0 Å². The number of likely N-dealkylation sites (tertiary alicyclic amines) is 1. The topological polar surface area (TPSA) is 63.4 Å². The summed E-state index contributed by atoms with van der Waals surface area (Å²) >= 11 is 0. The Bertz CT molecular complexity index is 341. The Labute approximate surface area is 91.7 Å². The fourth-order valence-electron chi connectivity index (χ4n) is 3.04. The summed E-state index contributed by atoms with van der Waals surface area (Å²) in [6, 6.07) is 0.488. The van der Waals surface area contributed by atoms with Crippen molar-refractivity contribution in [1.82, 2.24) is 4.90 Å². The standard InChI is InChI=1S/C10H20N2O2S/c1-9-3-2-5-12(9)10(7-11)4-6-15(13,14)8-10/h9H,2-8,11H2,1H3. The van der Waals surface area contributed by atoms with Crippen molar-refractivity contribution in [1.29, 1.82) is 0 Å². The molecule has 0 spiro atoms. The highest BCUT2D eigenvalue weighted by Gasteiger charge is 2.47. The molecule has 2 aliphatic heterocycles. The molecule has 2 rings (SSSR count). The van der Waals surface area contributed by atoms with Gasteiger partial charge in [-0.3, -0.25) is 4.90 Å². The van der Waals surface area contributed by atoms with Crippen molar-refractivity contribution in [3.05, 3.63) is 0 Å². The van der Waals surface area contributed by atoms with E-state index in [9.17, 15) is 8.42 Å². The van der Waals surface area contributed by atoms with Gasteiger partial charge in [0.25, 0.3) is 0 Å². The summed E-state index contributed by atoms with van der Waals surface area (Å²) in [7, 11) is -2.85. The van der Waals surface area contributed by atoms with E-state index < -0.39 is 9.84 Å². The van der Waals surface area contributed by atoms with Crippen LogP contribution in [0.4, 0.5) is 0 Å². The molecule has 5 heteroatoms. The third kappa shape index (κ3) is 1.92. The number of rotatable bonds is 2. The lowest BCUT2D eigenvalue weighted by molar-refractivity contribution is 0.110. The molecule has 0 aliphatic carbocycles. The summed E-state index contributed by atoms with van der Waals surface area (Å²) in [6.45, 7) is 3.65. The van der Waals surface area contributed by atoms with Crippen LogP contribution in [0.3, 0.4) is 0 Å². The van der Waals surface area contributed by atoms with Gasteiger partial charge in [-0.25, -0.2) is 8.42 Å². The Morgan fingerprint density at radius 2 is 2.27 bits per heavy atom. The van der Waals surface area contributed by atoms with E-state index in [1.165, 1.54) is 12.8 Å². The first-order valence-electron chi connectivity index (χ1n) is 5.66. The minimum Gasteiger partial charge on any atom is -0.329 e. The van der Waals surface area contributed by atoms with Crippen molar-refractivity contribution >= 4 is 9.84 Å². The molecular formula is C10H20N2O2S. The van der Waals surface area contributed by atoms with E-state index in [1.54, 1.807) is 0 Å². The van der Waals surface area contributed by atoms with E-state index in [0.717, 1.165) is 13.0 Å². The van der Waals surface area contributed by atoms with Crippen LogP contribution in [0.2, 0.25) is 0 Å². The number of nitrogens with two attached hydrogens (primary N) is 1. The molecule has 0 bridgehead atoms. The lowest BCUT2D eigenvalue weighted by Gasteiger charge is -2.39. The second kappa shape index (κ2) is 3.71. The molecule has 4 nitrogen and oxygen atoms in total. The smallest absolute Gasteiger partial charge is 0.152 e. The summed E-state index contributed by atoms with van der Waals surface area (Å²) in [6.07, 6.45) is 3.06. The predicted octanol–water partition coefficient (Wildman–Crippen LogP) is -0.0133. The molecule has 15 heavy (non-hydrogen) atoms. The van der Waals surface area contributed by atoms with Gasteiger partial charge in [-0.15, -0.1) is 0 Å². The molecule has 88 valence electrons. The van der Waals surface area contributed by atoms with Gasteiger partial charge >= 0.3 is 0 Å². The van der Waals surface area contributed by atoms with Crippen LogP contribution in [-0.4, -0.2) is 49.5 Å². The van der Waals surface area contributed by atoms with Crippen LogP contribution in [0.1, 0.15) is 26.2 Å². The zero-order valence-corrected chi connectivity index (χ0v) is 10.1. The van der Waals surface area contributed by atoms with Gasteiger partial charge < -0.3 is 5.73 Å². The van der Waals surface area contributed by atoms with Gasteiger partial charge in [0.1, 0.15) is 0 Å². The van der Waals surface area contributed by atoms with Gasteiger partial charge in [0, 0.05) is 18.1 Å². The molecular weight excluding hydrogens is 212 g/mol. The summed E-state index contributed by atoms with van der Waals surface area (Å²) in [5.74, 6) is 0.578. The highest BCUT2D eigenvalue weighted by molar-refractivity contribution is 7.91. The predicted molar refractivity (Wildman–Crippen MR) is 60.5 cm³/mol. The van der Waals surface area contributed by atoms with E-state index in [2.05, 4.69) is 11.8 Å². The molecule has 2 atom stereocenters. The Hall–Kier alpha value is -0.130. The van der Waals surface area contributed by atoms with Crippen molar-refractivity contribution in [2.24, 2.45) is 5.73 Å². The van der Waals surface area contributed by atoms with Crippen LogP contribution in [0.5, 0.6) is 0 Å². The van der Waals surface area contributed by atoms with E-state index in [4.69, 9.17) is 5.73 Å². The minimum absolute atomic E-state index is 0.255. The Kier molecular flexibility index (Phi) is 2.81. The molecule has 0 amide bonds. The van der Waals surface area contributed by atoms with Gasteiger partial charge in [0.15, 0.2) is 9.84 Å².